The molecule has 1 aromatic heterocycles. The van der Waals surface area contributed by atoms with Gasteiger partial charge in [-0.25, -0.2) is 5.48 Å². The molecule has 0 spiro atoms. The van der Waals surface area contributed by atoms with Crippen molar-refractivity contribution in [1.29, 1.82) is 0 Å². The number of pyridine rings is 1. The van der Waals surface area contributed by atoms with Crippen LogP contribution < -0.4 is 10.2 Å². The number of hydrogen-bond acceptors (Lipinski definition) is 6. The zero-order valence-electron chi connectivity index (χ0n) is 24.5. The number of aryl methyl sites for hydroxylation is 2. The molecule has 2 aliphatic heterocycles. The van der Waals surface area contributed by atoms with Crippen LogP contribution in [0.15, 0.2) is 36.4 Å². The molecule has 2 aliphatic rings. The molecule has 40 heavy (non-hydrogen) atoms. The summed E-state index contributed by atoms with van der Waals surface area (Å²) in [4.78, 5) is 47.3. The van der Waals surface area contributed by atoms with Crippen molar-refractivity contribution in [3.63, 3.8) is 0 Å². The lowest BCUT2D eigenvalue weighted by molar-refractivity contribution is -0.148. The molecule has 3 heterocycles. The van der Waals surface area contributed by atoms with Gasteiger partial charge in [-0.1, -0.05) is 32.9 Å². The lowest BCUT2D eigenvalue weighted by Gasteiger charge is -2.40. The Morgan fingerprint density at radius 1 is 1.10 bits per heavy atom. The van der Waals surface area contributed by atoms with E-state index in [4.69, 9.17) is 4.74 Å². The molecule has 1 aromatic carbocycles. The van der Waals surface area contributed by atoms with Gasteiger partial charge in [0, 0.05) is 36.4 Å². The van der Waals surface area contributed by atoms with Crippen molar-refractivity contribution in [2.24, 2.45) is 11.3 Å². The molecule has 3 amide bonds. The van der Waals surface area contributed by atoms with Crippen molar-refractivity contribution in [2.45, 2.75) is 78.9 Å². The van der Waals surface area contributed by atoms with Crippen LogP contribution in [0, 0.1) is 25.2 Å². The van der Waals surface area contributed by atoms with Crippen molar-refractivity contribution in [1.82, 2.24) is 20.3 Å². The summed E-state index contributed by atoms with van der Waals surface area (Å²) in [6, 6.07) is 10.8. The summed E-state index contributed by atoms with van der Waals surface area (Å²) in [5.74, 6) is -0.0822. The van der Waals surface area contributed by atoms with E-state index in [-0.39, 0.29) is 17.7 Å². The van der Waals surface area contributed by atoms with Crippen LogP contribution in [-0.4, -0.2) is 63.4 Å². The number of carbonyl (C=O) groups is 3. The molecule has 216 valence electrons. The van der Waals surface area contributed by atoms with E-state index in [1.807, 2.05) is 82.8 Å². The van der Waals surface area contributed by atoms with Crippen molar-refractivity contribution in [2.75, 3.05) is 19.6 Å². The molecule has 2 atom stereocenters. The fraction of sp³-hybridized carbons (Fsp3) is 0.548. The molecule has 9 nitrogen and oxygen atoms in total. The average Bonchev–Trinajstić information content (AvgIpc) is 3.21. The normalized spacial score (nSPS) is 20.9. The van der Waals surface area contributed by atoms with Crippen molar-refractivity contribution in [3.05, 3.63) is 58.9 Å². The minimum absolute atomic E-state index is 0.0809. The van der Waals surface area contributed by atoms with Crippen LogP contribution in [0.1, 0.15) is 69.5 Å². The Hall–Kier alpha value is -3.46. The Balaban J connectivity index is 1.44. The number of likely N-dealkylation sites (tertiary alicyclic amines) is 2. The zero-order chi connectivity index (χ0) is 29.2. The summed E-state index contributed by atoms with van der Waals surface area (Å²) >= 11 is 0. The Bertz CT molecular complexity index is 1230. The van der Waals surface area contributed by atoms with Gasteiger partial charge in [-0.05, 0) is 81.3 Å². The van der Waals surface area contributed by atoms with Gasteiger partial charge in [0.05, 0.1) is 5.41 Å². The molecule has 0 saturated carbocycles. The van der Waals surface area contributed by atoms with Crippen LogP contribution in [0.3, 0.4) is 0 Å². The zero-order valence-corrected chi connectivity index (χ0v) is 24.5. The highest BCUT2D eigenvalue weighted by Gasteiger charge is 2.50. The number of benzene rings is 1. The van der Waals surface area contributed by atoms with E-state index >= 15 is 0 Å². The van der Waals surface area contributed by atoms with Gasteiger partial charge in [0.25, 0.3) is 5.91 Å². The summed E-state index contributed by atoms with van der Waals surface area (Å²) in [6.45, 7) is 13.4. The van der Waals surface area contributed by atoms with E-state index < -0.39 is 22.8 Å². The number of aromatic nitrogens is 1. The van der Waals surface area contributed by atoms with Crippen LogP contribution in [0.25, 0.3) is 0 Å². The number of piperidine rings is 1. The third-order valence-corrected chi connectivity index (χ3v) is 8.25. The molecule has 9 heteroatoms. The third-order valence-electron chi connectivity index (χ3n) is 8.25. The number of rotatable bonds is 7. The molecular weight excluding hydrogens is 508 g/mol. The Morgan fingerprint density at radius 2 is 1.70 bits per heavy atom. The van der Waals surface area contributed by atoms with E-state index in [1.54, 1.807) is 10.4 Å². The second-order valence-corrected chi connectivity index (χ2v) is 12.5. The van der Waals surface area contributed by atoms with E-state index in [1.165, 1.54) is 0 Å². The highest BCUT2D eigenvalue weighted by Crippen LogP contribution is 2.39. The maximum Gasteiger partial charge on any atom is 0.266 e. The molecule has 4 rings (SSSR count). The number of nitrogens with one attached hydrogen (secondary N) is 1. The number of ether oxygens (including phenoxy) is 1. The van der Waals surface area contributed by atoms with E-state index in [9.17, 15) is 19.6 Å². The minimum atomic E-state index is -0.797. The molecular formula is C31H42N4O5. The number of amides is 3. The third kappa shape index (κ3) is 6.14. The summed E-state index contributed by atoms with van der Waals surface area (Å²) in [5, 5.41) is 9.55. The monoisotopic (exact) mass is 550 g/mol. The van der Waals surface area contributed by atoms with Crippen molar-refractivity contribution in [3.8, 4) is 5.75 Å². The number of hydroxylamine groups is 1. The highest BCUT2D eigenvalue weighted by atomic mass is 16.5. The molecule has 2 saturated heterocycles. The average molecular weight is 551 g/mol. The summed E-state index contributed by atoms with van der Waals surface area (Å²) in [6.07, 6.45) is 1.73. The summed E-state index contributed by atoms with van der Waals surface area (Å²) < 4.78 is 5.98. The molecule has 0 radical (unpaired) electrons. The van der Waals surface area contributed by atoms with Gasteiger partial charge in [0.15, 0.2) is 0 Å². The maximum atomic E-state index is 13.9. The van der Waals surface area contributed by atoms with Crippen LogP contribution in [0.4, 0.5) is 0 Å². The fourth-order valence-electron chi connectivity index (χ4n) is 6.06. The molecule has 0 bridgehead atoms. The van der Waals surface area contributed by atoms with Crippen LogP contribution in [-0.2, 0) is 26.4 Å². The van der Waals surface area contributed by atoms with Gasteiger partial charge in [-0.15, -0.1) is 0 Å². The first-order chi connectivity index (χ1) is 18.8. The molecule has 2 aromatic rings. The van der Waals surface area contributed by atoms with E-state index in [0.717, 1.165) is 22.5 Å². The summed E-state index contributed by atoms with van der Waals surface area (Å²) in [5.41, 5.74) is 4.32. The molecule has 2 unspecified atom stereocenters. The molecule has 2 fully saturated rings. The SMILES string of the molecule is Cc1cc(COc2ccc(C3(C)CCN(C(C(=O)NO)C4CCN(C(=O)C(C)(C)C)CC4)C3=O)cc2)cc(C)n1. The lowest BCUT2D eigenvalue weighted by atomic mass is 9.80. The topological polar surface area (TPSA) is 112 Å². The van der Waals surface area contributed by atoms with E-state index in [2.05, 4.69) is 4.98 Å². The number of nitrogens with zero attached hydrogens (tertiary/aromatic N) is 3. The van der Waals surface area contributed by atoms with Gasteiger partial charge >= 0.3 is 0 Å². The first kappa shape index (κ1) is 29.5. The van der Waals surface area contributed by atoms with Crippen molar-refractivity contribution < 1.29 is 24.3 Å². The van der Waals surface area contributed by atoms with Crippen molar-refractivity contribution >= 4 is 17.7 Å². The van der Waals surface area contributed by atoms with Gasteiger partial charge in [0.1, 0.15) is 18.4 Å². The maximum absolute atomic E-state index is 13.9. The Kier molecular flexibility index (Phi) is 8.54. The first-order valence-electron chi connectivity index (χ1n) is 14.1. The van der Waals surface area contributed by atoms with Gasteiger partial charge in [-0.3, -0.25) is 24.6 Å². The van der Waals surface area contributed by atoms with Gasteiger partial charge in [0.2, 0.25) is 11.8 Å². The predicted octanol–water partition coefficient (Wildman–Crippen LogP) is 3.93. The number of hydrogen-bond donors (Lipinski definition) is 2. The Morgan fingerprint density at radius 3 is 2.25 bits per heavy atom. The number of carbonyl (C=O) groups excluding carboxylic acids is 3. The fourth-order valence-corrected chi connectivity index (χ4v) is 6.06. The second kappa shape index (κ2) is 11.6. The Labute approximate surface area is 236 Å². The second-order valence-electron chi connectivity index (χ2n) is 12.5. The lowest BCUT2D eigenvalue weighted by Crippen LogP contribution is -2.55. The molecule has 0 aliphatic carbocycles. The smallest absolute Gasteiger partial charge is 0.266 e. The quantitative estimate of drug-likeness (QED) is 0.399. The van der Waals surface area contributed by atoms with Crippen LogP contribution in [0.2, 0.25) is 0 Å². The van der Waals surface area contributed by atoms with E-state index in [0.29, 0.717) is 51.3 Å². The summed E-state index contributed by atoms with van der Waals surface area (Å²) in [7, 11) is 0. The predicted molar refractivity (Wildman–Crippen MR) is 151 cm³/mol. The van der Waals surface area contributed by atoms with Gasteiger partial charge < -0.3 is 14.5 Å². The van der Waals surface area contributed by atoms with Crippen LogP contribution >= 0.6 is 0 Å². The largest absolute Gasteiger partial charge is 0.489 e. The van der Waals surface area contributed by atoms with Crippen LogP contribution in [0.5, 0.6) is 5.75 Å². The standard InChI is InChI=1S/C31H42N4O5/c1-20-17-22(18-21(2)32-20)19-40-25-9-7-24(8-10-25)31(6)13-16-35(29(31)38)26(27(36)33-39)23-11-14-34(15-12-23)28(37)30(3,4)5/h7-10,17-18,23,26,39H,11-16,19H2,1-6H3,(H,33,36). The minimum Gasteiger partial charge on any atom is -0.489 e. The highest BCUT2D eigenvalue weighted by molar-refractivity contribution is 5.94. The molecule has 2 N–H and O–H groups in total. The van der Waals surface area contributed by atoms with Gasteiger partial charge in [-0.2, -0.15) is 0 Å². The first-order valence-corrected chi connectivity index (χ1v) is 14.1.